The number of hydrogen-bond donors (Lipinski definition) is 1. The molecule has 2 aromatic rings. The summed E-state index contributed by atoms with van der Waals surface area (Å²) in [5.74, 6) is -0.416. The standard InChI is InChI=1S/C18H21IN2O3S/c1-15-7-9-18(10-8-15)25(23,24)21(19)13-17(14-22)12-20-11-16-5-3-2-4-6-16/h2-10,14,17,20H,11-13H2,1H3. The molecule has 1 atom stereocenters. The number of carbonyl (C=O) groups is 1. The normalized spacial score (nSPS) is 12.9. The maximum atomic E-state index is 12.6. The third-order valence-corrected chi connectivity index (χ3v) is 7.22. The average Bonchev–Trinajstić information content (AvgIpc) is 2.62. The third kappa shape index (κ3) is 5.88. The second-order valence-corrected chi connectivity index (χ2v) is 9.48. The Labute approximate surface area is 163 Å². The van der Waals surface area contributed by atoms with Crippen LogP contribution in [0.3, 0.4) is 0 Å². The first-order chi connectivity index (χ1) is 11.9. The summed E-state index contributed by atoms with van der Waals surface area (Å²) in [5, 5.41) is 3.20. The van der Waals surface area contributed by atoms with Crippen molar-refractivity contribution in [2.24, 2.45) is 5.92 Å². The zero-order valence-corrected chi connectivity index (χ0v) is 16.9. The van der Waals surface area contributed by atoms with Crippen LogP contribution in [0.1, 0.15) is 11.1 Å². The summed E-state index contributed by atoms with van der Waals surface area (Å²) in [6.45, 7) is 3.08. The molecule has 7 heteroatoms. The van der Waals surface area contributed by atoms with Crippen molar-refractivity contribution >= 4 is 39.2 Å². The molecule has 0 heterocycles. The van der Waals surface area contributed by atoms with Crippen molar-refractivity contribution < 1.29 is 13.2 Å². The minimum atomic E-state index is -3.60. The molecular weight excluding hydrogens is 451 g/mol. The zero-order valence-electron chi connectivity index (χ0n) is 13.9. The largest absolute Gasteiger partial charge is 0.312 e. The molecule has 0 saturated heterocycles. The van der Waals surface area contributed by atoms with E-state index in [-0.39, 0.29) is 11.4 Å². The predicted octanol–water partition coefficient (Wildman–Crippen LogP) is 2.94. The van der Waals surface area contributed by atoms with Crippen LogP contribution in [-0.4, -0.2) is 30.3 Å². The molecule has 0 saturated carbocycles. The van der Waals surface area contributed by atoms with Gasteiger partial charge in [-0.05, 0) is 24.6 Å². The van der Waals surface area contributed by atoms with Gasteiger partial charge in [-0.15, -0.1) is 2.52 Å². The van der Waals surface area contributed by atoms with Crippen LogP contribution in [0, 0.1) is 12.8 Å². The van der Waals surface area contributed by atoms with Crippen LogP contribution >= 0.6 is 22.9 Å². The van der Waals surface area contributed by atoms with E-state index in [0.29, 0.717) is 13.1 Å². The van der Waals surface area contributed by atoms with Gasteiger partial charge in [-0.3, -0.25) is 0 Å². The highest BCUT2D eigenvalue weighted by molar-refractivity contribution is 14.1. The van der Waals surface area contributed by atoms with Gasteiger partial charge in [0.25, 0.3) is 10.0 Å². The van der Waals surface area contributed by atoms with Crippen molar-refractivity contribution in [1.82, 2.24) is 7.84 Å². The zero-order chi connectivity index (χ0) is 18.3. The van der Waals surface area contributed by atoms with Crippen LogP contribution in [0.5, 0.6) is 0 Å². The predicted molar refractivity (Wildman–Crippen MR) is 107 cm³/mol. The van der Waals surface area contributed by atoms with E-state index < -0.39 is 15.9 Å². The number of rotatable bonds is 9. The number of sulfonamides is 1. The SMILES string of the molecule is Cc1ccc(S(=O)(=O)N(I)CC(C=O)CNCc2ccccc2)cc1. The lowest BCUT2D eigenvalue weighted by atomic mass is 10.1. The van der Waals surface area contributed by atoms with E-state index in [0.717, 1.165) is 17.4 Å². The average molecular weight is 472 g/mol. The highest BCUT2D eigenvalue weighted by Crippen LogP contribution is 2.20. The van der Waals surface area contributed by atoms with Crippen molar-refractivity contribution in [2.75, 3.05) is 13.1 Å². The Morgan fingerprint density at radius 3 is 2.36 bits per heavy atom. The Bertz CT molecular complexity index is 780. The topological polar surface area (TPSA) is 66.5 Å². The maximum Gasteiger partial charge on any atom is 0.251 e. The molecule has 134 valence electrons. The van der Waals surface area contributed by atoms with Gasteiger partial charge in [-0.1, -0.05) is 48.0 Å². The molecule has 2 rings (SSSR count). The third-order valence-electron chi connectivity index (χ3n) is 3.73. The van der Waals surface area contributed by atoms with Gasteiger partial charge in [0.2, 0.25) is 0 Å². The van der Waals surface area contributed by atoms with Gasteiger partial charge in [0.1, 0.15) is 6.29 Å². The lowest BCUT2D eigenvalue weighted by Crippen LogP contribution is -2.33. The summed E-state index contributed by atoms with van der Waals surface area (Å²) < 4.78 is 26.4. The number of nitrogens with one attached hydrogen (secondary N) is 1. The molecule has 2 aromatic carbocycles. The molecule has 0 aliphatic heterocycles. The number of hydrogen-bond acceptors (Lipinski definition) is 4. The van der Waals surface area contributed by atoms with Crippen molar-refractivity contribution in [1.29, 1.82) is 0 Å². The fourth-order valence-electron chi connectivity index (χ4n) is 2.26. The van der Waals surface area contributed by atoms with Crippen LogP contribution in [-0.2, 0) is 21.4 Å². The number of nitrogens with zero attached hydrogens (tertiary/aromatic N) is 1. The van der Waals surface area contributed by atoms with Gasteiger partial charge in [-0.2, -0.15) is 0 Å². The van der Waals surface area contributed by atoms with Crippen molar-refractivity contribution in [3.8, 4) is 0 Å². The van der Waals surface area contributed by atoms with E-state index in [1.165, 1.54) is 2.52 Å². The summed E-state index contributed by atoms with van der Waals surface area (Å²) in [7, 11) is -3.60. The highest BCUT2D eigenvalue weighted by Gasteiger charge is 2.25. The number of aryl methyl sites for hydroxylation is 1. The van der Waals surface area contributed by atoms with Crippen LogP contribution in [0.2, 0.25) is 0 Å². The summed E-state index contributed by atoms with van der Waals surface area (Å²) in [4.78, 5) is 11.6. The Morgan fingerprint density at radius 1 is 1.12 bits per heavy atom. The Kier molecular flexibility index (Phi) is 7.55. The van der Waals surface area contributed by atoms with Crippen LogP contribution < -0.4 is 5.32 Å². The quantitative estimate of drug-likeness (QED) is 0.346. The van der Waals surface area contributed by atoms with Gasteiger partial charge in [0, 0.05) is 48.4 Å². The van der Waals surface area contributed by atoms with Gasteiger partial charge in [-0.25, -0.2) is 8.42 Å². The summed E-state index contributed by atoms with van der Waals surface area (Å²) >= 11 is 1.76. The van der Waals surface area contributed by atoms with Crippen LogP contribution in [0.15, 0.2) is 59.5 Å². The minimum Gasteiger partial charge on any atom is -0.312 e. The van der Waals surface area contributed by atoms with E-state index in [1.807, 2.05) is 37.3 Å². The summed E-state index contributed by atoms with van der Waals surface area (Å²) in [5.41, 5.74) is 2.11. The molecule has 0 aliphatic carbocycles. The smallest absolute Gasteiger partial charge is 0.251 e. The lowest BCUT2D eigenvalue weighted by molar-refractivity contribution is -0.110. The fourth-order valence-corrected chi connectivity index (χ4v) is 4.55. The van der Waals surface area contributed by atoms with Gasteiger partial charge in [0.05, 0.1) is 4.90 Å². The number of aldehydes is 1. The van der Waals surface area contributed by atoms with Crippen molar-refractivity contribution in [2.45, 2.75) is 18.4 Å². The van der Waals surface area contributed by atoms with Crippen molar-refractivity contribution in [3.05, 3.63) is 65.7 Å². The molecular formula is C18H21IN2O3S. The Morgan fingerprint density at radius 2 is 1.76 bits per heavy atom. The highest BCUT2D eigenvalue weighted by atomic mass is 127. The van der Waals surface area contributed by atoms with E-state index in [9.17, 15) is 13.2 Å². The molecule has 0 amide bonds. The molecule has 25 heavy (non-hydrogen) atoms. The number of halogens is 1. The van der Waals surface area contributed by atoms with Gasteiger partial charge >= 0.3 is 0 Å². The molecule has 0 bridgehead atoms. The number of benzene rings is 2. The molecule has 0 aliphatic rings. The van der Waals surface area contributed by atoms with Crippen molar-refractivity contribution in [3.63, 3.8) is 0 Å². The molecule has 0 spiro atoms. The Balaban J connectivity index is 1.93. The Hall–Kier alpha value is -1.29. The monoisotopic (exact) mass is 472 g/mol. The van der Waals surface area contributed by atoms with E-state index in [4.69, 9.17) is 0 Å². The molecule has 0 aromatic heterocycles. The molecule has 5 nitrogen and oxygen atoms in total. The van der Waals surface area contributed by atoms with Crippen LogP contribution in [0.4, 0.5) is 0 Å². The molecule has 0 fully saturated rings. The molecule has 1 unspecified atom stereocenters. The fraction of sp³-hybridized carbons (Fsp3) is 0.278. The van der Waals surface area contributed by atoms with Gasteiger partial charge < -0.3 is 10.1 Å². The number of carbonyl (C=O) groups excluding carboxylic acids is 1. The van der Waals surface area contributed by atoms with E-state index in [2.05, 4.69) is 5.32 Å². The van der Waals surface area contributed by atoms with E-state index >= 15 is 0 Å². The van der Waals surface area contributed by atoms with Gasteiger partial charge in [0.15, 0.2) is 0 Å². The first kappa shape index (κ1) is 20.0. The first-order valence-electron chi connectivity index (χ1n) is 7.88. The summed E-state index contributed by atoms with van der Waals surface area (Å²) in [6, 6.07) is 16.5. The first-order valence-corrected chi connectivity index (χ1v) is 10.3. The second-order valence-electron chi connectivity index (χ2n) is 5.80. The minimum absolute atomic E-state index is 0.127. The molecule has 1 N–H and O–H groups in total. The molecule has 0 radical (unpaired) electrons. The second kappa shape index (κ2) is 9.42. The maximum absolute atomic E-state index is 12.6. The lowest BCUT2D eigenvalue weighted by Gasteiger charge is -2.19. The van der Waals surface area contributed by atoms with E-state index in [1.54, 1.807) is 47.1 Å². The van der Waals surface area contributed by atoms with Crippen LogP contribution in [0.25, 0.3) is 0 Å². The summed E-state index contributed by atoms with van der Waals surface area (Å²) in [6.07, 6.45) is 0.800.